The number of ketones is 1. The second-order valence-corrected chi connectivity index (χ2v) is 10.2. The molecule has 5 aromatic carbocycles. The van der Waals surface area contributed by atoms with E-state index in [-0.39, 0.29) is 24.7 Å². The van der Waals surface area contributed by atoms with Crippen LogP contribution < -0.4 is 15.0 Å². The molecule has 7 heteroatoms. The van der Waals surface area contributed by atoms with Crippen molar-refractivity contribution >= 4 is 39.8 Å². The van der Waals surface area contributed by atoms with Gasteiger partial charge in [-0.1, -0.05) is 84.9 Å². The number of ether oxygens (including phenoxy) is 1. The van der Waals surface area contributed by atoms with E-state index in [1.54, 1.807) is 65.6 Å². The number of carboxylic acids is 1. The average molecular weight is 573 g/mol. The number of nitrogens with one attached hydrogen (secondary N) is 1. The van der Waals surface area contributed by atoms with Gasteiger partial charge >= 0.3 is 5.97 Å². The molecular formula is C36H32N2O5. The molecule has 7 nitrogen and oxygen atoms in total. The number of carbonyl (C=O) groups excluding carboxylic acids is 2. The zero-order valence-corrected chi connectivity index (χ0v) is 23.8. The summed E-state index contributed by atoms with van der Waals surface area (Å²) >= 11 is 0. The van der Waals surface area contributed by atoms with E-state index < -0.39 is 12.0 Å². The smallest absolute Gasteiger partial charge is 0.326 e. The molecule has 5 rings (SSSR count). The van der Waals surface area contributed by atoms with E-state index in [1.807, 2.05) is 60.7 Å². The van der Waals surface area contributed by atoms with Crippen molar-refractivity contribution in [1.82, 2.24) is 0 Å². The lowest BCUT2D eigenvalue weighted by atomic mass is 10.00. The zero-order chi connectivity index (χ0) is 30.2. The Morgan fingerprint density at radius 3 is 2.19 bits per heavy atom. The molecule has 0 fully saturated rings. The molecule has 1 amide bonds. The van der Waals surface area contributed by atoms with E-state index in [2.05, 4.69) is 5.32 Å². The normalized spacial score (nSPS) is 11.5. The molecule has 43 heavy (non-hydrogen) atoms. The minimum absolute atomic E-state index is 0.0755. The number of carboxylic acid groups (broad SMARTS) is 1. The SMILES string of the molecule is CC(=O)N(CCOc1ccc(CC(Nc2ccccc2C(=O)c2ccccc2)C(=O)O)cc1)c1ccc2ccccc2c1. The molecule has 0 aliphatic carbocycles. The maximum Gasteiger partial charge on any atom is 0.326 e. The number of fused-ring (bicyclic) bond motifs is 1. The summed E-state index contributed by atoms with van der Waals surface area (Å²) in [5.41, 5.74) is 3.00. The Labute approximate surface area is 250 Å². The summed E-state index contributed by atoms with van der Waals surface area (Å²) in [4.78, 5) is 39.3. The van der Waals surface area contributed by atoms with Crippen molar-refractivity contribution in [1.29, 1.82) is 0 Å². The van der Waals surface area contributed by atoms with Gasteiger partial charge in [-0.15, -0.1) is 0 Å². The first kappa shape index (κ1) is 29.1. The van der Waals surface area contributed by atoms with Gasteiger partial charge in [0.25, 0.3) is 0 Å². The quantitative estimate of drug-likeness (QED) is 0.163. The zero-order valence-electron chi connectivity index (χ0n) is 23.8. The predicted octanol–water partition coefficient (Wildman–Crippen LogP) is 6.61. The molecule has 0 bridgehead atoms. The summed E-state index contributed by atoms with van der Waals surface area (Å²) in [7, 11) is 0. The van der Waals surface area contributed by atoms with Gasteiger partial charge in [0.05, 0.1) is 6.54 Å². The fraction of sp³-hybridized carbons (Fsp3) is 0.139. The average Bonchev–Trinajstić information content (AvgIpc) is 3.03. The van der Waals surface area contributed by atoms with Crippen LogP contribution in [0, 0.1) is 0 Å². The molecule has 1 atom stereocenters. The molecular weight excluding hydrogens is 540 g/mol. The summed E-state index contributed by atoms with van der Waals surface area (Å²) in [5.74, 6) is -0.670. The molecule has 0 saturated carbocycles. The van der Waals surface area contributed by atoms with Crippen LogP contribution in [0.3, 0.4) is 0 Å². The Morgan fingerprint density at radius 2 is 1.47 bits per heavy atom. The van der Waals surface area contributed by atoms with Crippen LogP contribution in [0.2, 0.25) is 0 Å². The third-order valence-electron chi connectivity index (χ3n) is 7.21. The summed E-state index contributed by atoms with van der Waals surface area (Å²) < 4.78 is 5.92. The van der Waals surface area contributed by atoms with Crippen LogP contribution in [0.5, 0.6) is 5.75 Å². The number of hydrogen-bond acceptors (Lipinski definition) is 5. The minimum atomic E-state index is -1.03. The van der Waals surface area contributed by atoms with Gasteiger partial charge in [0, 0.05) is 35.8 Å². The Morgan fingerprint density at radius 1 is 0.791 bits per heavy atom. The Hall–Kier alpha value is -5.43. The van der Waals surface area contributed by atoms with Gasteiger partial charge in [-0.05, 0) is 52.7 Å². The van der Waals surface area contributed by atoms with Crippen LogP contribution >= 0.6 is 0 Å². The molecule has 0 aliphatic heterocycles. The molecule has 216 valence electrons. The van der Waals surface area contributed by atoms with Crippen molar-refractivity contribution in [3.05, 3.63) is 138 Å². The summed E-state index contributed by atoms with van der Waals surface area (Å²) in [6.45, 7) is 2.20. The number of nitrogens with zero attached hydrogens (tertiary/aromatic N) is 1. The van der Waals surface area contributed by atoms with E-state index in [9.17, 15) is 19.5 Å². The maximum atomic E-state index is 13.1. The first-order valence-corrected chi connectivity index (χ1v) is 14.1. The minimum Gasteiger partial charge on any atom is -0.492 e. The second-order valence-electron chi connectivity index (χ2n) is 10.2. The summed E-state index contributed by atoms with van der Waals surface area (Å²) in [6.07, 6.45) is 0.198. The highest BCUT2D eigenvalue weighted by molar-refractivity contribution is 6.12. The van der Waals surface area contributed by atoms with E-state index in [4.69, 9.17) is 4.74 Å². The van der Waals surface area contributed by atoms with Crippen LogP contribution in [0.4, 0.5) is 11.4 Å². The topological polar surface area (TPSA) is 95.9 Å². The first-order chi connectivity index (χ1) is 20.9. The van der Waals surface area contributed by atoms with Crippen molar-refractivity contribution < 1.29 is 24.2 Å². The number of carbonyl (C=O) groups is 3. The lowest BCUT2D eigenvalue weighted by Gasteiger charge is -2.22. The van der Waals surface area contributed by atoms with Crippen molar-refractivity contribution in [2.75, 3.05) is 23.4 Å². The summed E-state index contributed by atoms with van der Waals surface area (Å²) in [6, 6.07) is 36.0. The number of anilines is 2. The number of hydrogen-bond donors (Lipinski definition) is 2. The van der Waals surface area contributed by atoms with Crippen LogP contribution in [-0.2, 0) is 16.0 Å². The Bertz CT molecular complexity index is 1730. The lowest BCUT2D eigenvalue weighted by Crippen LogP contribution is -2.32. The van der Waals surface area contributed by atoms with E-state index in [1.165, 1.54) is 6.92 Å². The largest absolute Gasteiger partial charge is 0.492 e. The molecule has 0 aliphatic rings. The van der Waals surface area contributed by atoms with Crippen LogP contribution in [0.25, 0.3) is 10.8 Å². The highest BCUT2D eigenvalue weighted by Gasteiger charge is 2.21. The van der Waals surface area contributed by atoms with Crippen molar-refractivity contribution in [2.45, 2.75) is 19.4 Å². The standard InChI is InChI=1S/C36H32N2O5/c1-25(39)38(30-18-17-27-9-5-6-12-29(27)24-30)21-22-43-31-19-15-26(16-20-31)23-34(36(41)42)37-33-14-8-7-13-32(33)35(40)28-10-3-2-4-11-28/h2-20,24,34,37H,21-23H2,1H3,(H,41,42). The Kier molecular flexibility index (Phi) is 9.12. The number of rotatable bonds is 12. The van der Waals surface area contributed by atoms with Crippen molar-refractivity contribution in [3.63, 3.8) is 0 Å². The fourth-order valence-corrected chi connectivity index (χ4v) is 4.97. The first-order valence-electron chi connectivity index (χ1n) is 14.1. The Balaban J connectivity index is 1.21. The molecule has 0 heterocycles. The number of benzene rings is 5. The van der Waals surface area contributed by atoms with Gasteiger partial charge in [-0.2, -0.15) is 0 Å². The molecule has 1 unspecified atom stereocenters. The molecule has 5 aromatic rings. The van der Waals surface area contributed by atoms with Crippen molar-refractivity contribution in [2.24, 2.45) is 0 Å². The molecule has 0 spiro atoms. The predicted molar refractivity (Wildman–Crippen MR) is 169 cm³/mol. The van der Waals surface area contributed by atoms with Gasteiger partial charge in [0.1, 0.15) is 18.4 Å². The summed E-state index contributed by atoms with van der Waals surface area (Å²) in [5, 5.41) is 15.2. The highest BCUT2D eigenvalue weighted by Crippen LogP contribution is 2.24. The monoisotopic (exact) mass is 572 g/mol. The molecule has 0 radical (unpaired) electrons. The molecule has 0 aromatic heterocycles. The third-order valence-corrected chi connectivity index (χ3v) is 7.21. The fourth-order valence-electron chi connectivity index (χ4n) is 4.97. The number of amides is 1. The van der Waals surface area contributed by atoms with Gasteiger partial charge in [-0.25, -0.2) is 4.79 Å². The lowest BCUT2D eigenvalue weighted by molar-refractivity contribution is -0.137. The van der Waals surface area contributed by atoms with Crippen LogP contribution in [-0.4, -0.2) is 42.0 Å². The van der Waals surface area contributed by atoms with Crippen LogP contribution in [0.1, 0.15) is 28.4 Å². The van der Waals surface area contributed by atoms with E-state index in [0.717, 1.165) is 22.0 Å². The number of para-hydroxylation sites is 1. The van der Waals surface area contributed by atoms with Gasteiger partial charge in [0.2, 0.25) is 5.91 Å². The van der Waals surface area contributed by atoms with E-state index >= 15 is 0 Å². The van der Waals surface area contributed by atoms with Gasteiger partial charge in [0.15, 0.2) is 5.78 Å². The maximum absolute atomic E-state index is 13.1. The molecule has 2 N–H and O–H groups in total. The highest BCUT2D eigenvalue weighted by atomic mass is 16.5. The second kappa shape index (κ2) is 13.5. The van der Waals surface area contributed by atoms with Crippen molar-refractivity contribution in [3.8, 4) is 5.75 Å². The molecule has 0 saturated heterocycles. The number of aliphatic carboxylic acids is 1. The third kappa shape index (κ3) is 7.26. The van der Waals surface area contributed by atoms with Crippen LogP contribution in [0.15, 0.2) is 121 Å². The van der Waals surface area contributed by atoms with E-state index in [0.29, 0.717) is 29.1 Å². The van der Waals surface area contributed by atoms with Gasteiger partial charge in [-0.3, -0.25) is 9.59 Å². The van der Waals surface area contributed by atoms with Gasteiger partial charge < -0.3 is 20.1 Å².